The molecule has 0 aliphatic carbocycles. The molecule has 3 N–H and O–H groups in total. The summed E-state index contributed by atoms with van der Waals surface area (Å²) in [6.45, 7) is 0. The smallest absolute Gasteiger partial charge is 0.271 e. The SMILES string of the molecule is NNC(c1cc(F)ccc1F)c1cnccc1C(F)(F)F. The second-order valence-electron chi connectivity index (χ2n) is 4.23. The van der Waals surface area contributed by atoms with Crippen LogP contribution in [-0.2, 0) is 6.18 Å². The minimum atomic E-state index is -4.67. The van der Waals surface area contributed by atoms with Gasteiger partial charge in [0.2, 0.25) is 0 Å². The number of benzene rings is 1. The van der Waals surface area contributed by atoms with Gasteiger partial charge in [-0.25, -0.2) is 14.2 Å². The highest BCUT2D eigenvalue weighted by molar-refractivity contribution is 5.37. The zero-order valence-electron chi connectivity index (χ0n) is 10.5. The Labute approximate surface area is 116 Å². The molecule has 1 heterocycles. The number of nitrogens with one attached hydrogen (secondary N) is 1. The highest BCUT2D eigenvalue weighted by atomic mass is 19.4. The fraction of sp³-hybridized carbons (Fsp3) is 0.154. The maximum atomic E-state index is 13.8. The summed E-state index contributed by atoms with van der Waals surface area (Å²) in [5.41, 5.74) is 0.316. The molecule has 2 rings (SSSR count). The molecule has 0 saturated carbocycles. The summed E-state index contributed by atoms with van der Waals surface area (Å²) in [5, 5.41) is 0. The first-order valence-electron chi connectivity index (χ1n) is 5.76. The third kappa shape index (κ3) is 3.17. The molecule has 1 atom stereocenters. The van der Waals surface area contributed by atoms with E-state index in [4.69, 9.17) is 5.84 Å². The molecule has 21 heavy (non-hydrogen) atoms. The lowest BCUT2D eigenvalue weighted by molar-refractivity contribution is -0.138. The van der Waals surface area contributed by atoms with Crippen molar-refractivity contribution in [2.24, 2.45) is 5.84 Å². The highest BCUT2D eigenvalue weighted by Gasteiger charge is 2.36. The van der Waals surface area contributed by atoms with Gasteiger partial charge in [-0.3, -0.25) is 10.8 Å². The van der Waals surface area contributed by atoms with Crippen LogP contribution in [0.25, 0.3) is 0 Å². The van der Waals surface area contributed by atoms with Crippen molar-refractivity contribution in [1.29, 1.82) is 0 Å². The molecule has 1 unspecified atom stereocenters. The number of hydrogen-bond acceptors (Lipinski definition) is 3. The topological polar surface area (TPSA) is 50.9 Å². The molecule has 0 radical (unpaired) electrons. The van der Waals surface area contributed by atoms with Crippen molar-refractivity contribution >= 4 is 0 Å². The van der Waals surface area contributed by atoms with Crippen LogP contribution in [0.15, 0.2) is 36.7 Å². The Morgan fingerprint density at radius 2 is 1.81 bits per heavy atom. The maximum absolute atomic E-state index is 13.8. The van der Waals surface area contributed by atoms with E-state index in [1.807, 2.05) is 0 Å². The number of hydrogen-bond donors (Lipinski definition) is 2. The average Bonchev–Trinajstić information content (AvgIpc) is 2.43. The van der Waals surface area contributed by atoms with Crippen molar-refractivity contribution in [3.05, 3.63) is 65.0 Å². The summed E-state index contributed by atoms with van der Waals surface area (Å²) in [5.74, 6) is 3.57. The fourth-order valence-corrected chi connectivity index (χ4v) is 1.98. The normalized spacial score (nSPS) is 13.2. The van der Waals surface area contributed by atoms with Crippen LogP contribution in [0.5, 0.6) is 0 Å². The van der Waals surface area contributed by atoms with Gasteiger partial charge < -0.3 is 0 Å². The number of aromatic nitrogens is 1. The summed E-state index contributed by atoms with van der Waals surface area (Å²) < 4.78 is 65.9. The summed E-state index contributed by atoms with van der Waals surface area (Å²) in [4.78, 5) is 3.59. The highest BCUT2D eigenvalue weighted by Crippen LogP contribution is 2.36. The van der Waals surface area contributed by atoms with Gasteiger partial charge in [0.1, 0.15) is 11.6 Å². The minimum Gasteiger partial charge on any atom is -0.271 e. The van der Waals surface area contributed by atoms with Crippen LogP contribution in [-0.4, -0.2) is 4.98 Å². The van der Waals surface area contributed by atoms with E-state index in [0.717, 1.165) is 36.7 Å². The zero-order valence-corrected chi connectivity index (χ0v) is 10.5. The van der Waals surface area contributed by atoms with Crippen molar-refractivity contribution in [1.82, 2.24) is 10.4 Å². The van der Waals surface area contributed by atoms with Gasteiger partial charge >= 0.3 is 6.18 Å². The first-order chi connectivity index (χ1) is 9.84. The van der Waals surface area contributed by atoms with E-state index in [1.54, 1.807) is 0 Å². The molecule has 2 aromatic rings. The lowest BCUT2D eigenvalue weighted by Crippen LogP contribution is -2.31. The van der Waals surface area contributed by atoms with Crippen molar-refractivity contribution < 1.29 is 22.0 Å². The molecule has 0 saturated heterocycles. The van der Waals surface area contributed by atoms with Crippen molar-refractivity contribution in [3.8, 4) is 0 Å². The van der Waals surface area contributed by atoms with Crippen LogP contribution < -0.4 is 11.3 Å². The van der Waals surface area contributed by atoms with Gasteiger partial charge in [-0.05, 0) is 24.3 Å². The predicted octanol–water partition coefficient (Wildman–Crippen LogP) is 2.93. The first-order valence-corrected chi connectivity index (χ1v) is 5.76. The van der Waals surface area contributed by atoms with E-state index in [0.29, 0.717) is 0 Å². The molecule has 0 spiro atoms. The summed E-state index contributed by atoms with van der Waals surface area (Å²) in [6, 6.07) is 1.83. The molecule has 112 valence electrons. The molecule has 0 bridgehead atoms. The molecule has 0 aliphatic rings. The first kappa shape index (κ1) is 15.3. The fourth-order valence-electron chi connectivity index (χ4n) is 1.98. The Hall–Kier alpha value is -2.06. The van der Waals surface area contributed by atoms with Crippen LogP contribution in [0.3, 0.4) is 0 Å². The van der Waals surface area contributed by atoms with E-state index in [1.165, 1.54) is 0 Å². The predicted molar refractivity (Wildman–Crippen MR) is 64.8 cm³/mol. The van der Waals surface area contributed by atoms with E-state index < -0.39 is 35.0 Å². The van der Waals surface area contributed by atoms with Crippen LogP contribution in [0, 0.1) is 11.6 Å². The minimum absolute atomic E-state index is 0.337. The van der Waals surface area contributed by atoms with Gasteiger partial charge in [0, 0.05) is 23.5 Å². The number of alkyl halides is 3. The van der Waals surface area contributed by atoms with Crippen LogP contribution in [0.4, 0.5) is 22.0 Å². The number of hydrazine groups is 1. The number of halogens is 5. The summed E-state index contributed by atoms with van der Waals surface area (Å²) in [7, 11) is 0. The molecule has 0 aliphatic heterocycles. The number of nitrogens with two attached hydrogens (primary N) is 1. The van der Waals surface area contributed by atoms with Gasteiger partial charge in [0.15, 0.2) is 0 Å². The number of rotatable bonds is 3. The number of pyridine rings is 1. The van der Waals surface area contributed by atoms with E-state index in [9.17, 15) is 22.0 Å². The van der Waals surface area contributed by atoms with Gasteiger partial charge in [0.05, 0.1) is 11.6 Å². The van der Waals surface area contributed by atoms with Gasteiger partial charge in [0.25, 0.3) is 0 Å². The third-order valence-electron chi connectivity index (χ3n) is 2.90. The molecule has 0 amide bonds. The second kappa shape index (κ2) is 5.74. The Balaban J connectivity index is 2.60. The molecular weight excluding hydrogens is 293 g/mol. The molecule has 1 aromatic heterocycles. The third-order valence-corrected chi connectivity index (χ3v) is 2.90. The van der Waals surface area contributed by atoms with Crippen molar-refractivity contribution in [2.75, 3.05) is 0 Å². The lowest BCUT2D eigenvalue weighted by Gasteiger charge is -2.21. The van der Waals surface area contributed by atoms with Crippen molar-refractivity contribution in [3.63, 3.8) is 0 Å². The molecule has 0 fully saturated rings. The molecule has 1 aromatic carbocycles. The average molecular weight is 303 g/mol. The van der Waals surface area contributed by atoms with Gasteiger partial charge in [-0.2, -0.15) is 13.2 Å². The second-order valence-corrected chi connectivity index (χ2v) is 4.23. The van der Waals surface area contributed by atoms with E-state index in [-0.39, 0.29) is 5.56 Å². The van der Waals surface area contributed by atoms with E-state index >= 15 is 0 Å². The monoisotopic (exact) mass is 303 g/mol. The van der Waals surface area contributed by atoms with Crippen LogP contribution in [0.2, 0.25) is 0 Å². The Bertz CT molecular complexity index is 642. The van der Waals surface area contributed by atoms with E-state index in [2.05, 4.69) is 10.4 Å². The molecule has 3 nitrogen and oxygen atoms in total. The van der Waals surface area contributed by atoms with Crippen LogP contribution in [0.1, 0.15) is 22.7 Å². The van der Waals surface area contributed by atoms with Crippen LogP contribution >= 0.6 is 0 Å². The summed E-state index contributed by atoms with van der Waals surface area (Å²) in [6.07, 6.45) is -2.79. The van der Waals surface area contributed by atoms with Gasteiger partial charge in [-0.15, -0.1) is 0 Å². The Morgan fingerprint density at radius 3 is 2.43 bits per heavy atom. The molecule has 8 heteroatoms. The largest absolute Gasteiger partial charge is 0.416 e. The lowest BCUT2D eigenvalue weighted by atomic mass is 9.96. The standard InChI is InChI=1S/C13H10F5N3/c14-7-1-2-11(15)8(5-7)12(21-19)9-6-20-4-3-10(9)13(16,17)18/h1-6,12,21H,19H2. The zero-order chi connectivity index (χ0) is 15.6. The quantitative estimate of drug-likeness (QED) is 0.521. The Morgan fingerprint density at radius 1 is 1.10 bits per heavy atom. The Kier molecular flexibility index (Phi) is 4.19. The maximum Gasteiger partial charge on any atom is 0.416 e. The summed E-state index contributed by atoms with van der Waals surface area (Å²) >= 11 is 0. The molecular formula is C13H10F5N3. The van der Waals surface area contributed by atoms with Crippen molar-refractivity contribution in [2.45, 2.75) is 12.2 Å². The van der Waals surface area contributed by atoms with Gasteiger partial charge in [-0.1, -0.05) is 0 Å². The number of nitrogens with zero attached hydrogens (tertiary/aromatic N) is 1.